The van der Waals surface area contributed by atoms with E-state index in [0.717, 1.165) is 11.1 Å². The van der Waals surface area contributed by atoms with Crippen LogP contribution in [0.1, 0.15) is 24.0 Å². The number of carbonyl (C=O) groups is 1. The number of benzene rings is 1. The van der Waals surface area contributed by atoms with Gasteiger partial charge in [0.15, 0.2) is 9.84 Å². The maximum absolute atomic E-state index is 11.8. The lowest BCUT2D eigenvalue weighted by molar-refractivity contribution is -0.113. The van der Waals surface area contributed by atoms with Gasteiger partial charge < -0.3 is 11.1 Å². The van der Waals surface area contributed by atoms with Crippen LogP contribution in [0.15, 0.2) is 18.2 Å². The van der Waals surface area contributed by atoms with Gasteiger partial charge in [0.1, 0.15) is 5.75 Å². The largest absolute Gasteiger partial charge is 0.330 e. The number of hydrogen-bond donors (Lipinski definition) is 2. The van der Waals surface area contributed by atoms with E-state index in [9.17, 15) is 13.2 Å². The number of hydrogen-bond acceptors (Lipinski definition) is 4. The Morgan fingerprint density at radius 3 is 2.30 bits per heavy atom. The second-order valence-electron chi connectivity index (χ2n) is 5.01. The van der Waals surface area contributed by atoms with Crippen molar-refractivity contribution in [2.45, 2.75) is 26.7 Å². The lowest BCUT2D eigenvalue weighted by Gasteiger charge is -2.08. The van der Waals surface area contributed by atoms with E-state index in [1.165, 1.54) is 0 Å². The minimum Gasteiger partial charge on any atom is -0.330 e. The number of nitrogens with one attached hydrogen (secondary N) is 1. The van der Waals surface area contributed by atoms with Crippen molar-refractivity contribution >= 4 is 21.4 Å². The number of anilines is 1. The van der Waals surface area contributed by atoms with E-state index >= 15 is 0 Å². The van der Waals surface area contributed by atoms with Crippen LogP contribution in [0.4, 0.5) is 5.69 Å². The second-order valence-corrected chi connectivity index (χ2v) is 7.20. The van der Waals surface area contributed by atoms with Crippen molar-refractivity contribution < 1.29 is 13.2 Å². The summed E-state index contributed by atoms with van der Waals surface area (Å²) in [6.07, 6.45) is 1.15. The van der Waals surface area contributed by atoms with Crippen LogP contribution in [0, 0.1) is 13.8 Å². The number of nitrogens with two attached hydrogens (primary N) is 1. The number of sulfone groups is 1. The van der Waals surface area contributed by atoms with Crippen LogP contribution in [0.25, 0.3) is 0 Å². The molecule has 1 aromatic rings. The first-order valence-corrected chi connectivity index (χ1v) is 8.43. The Morgan fingerprint density at radius 1 is 1.15 bits per heavy atom. The summed E-state index contributed by atoms with van der Waals surface area (Å²) in [4.78, 5) is 11.8. The van der Waals surface area contributed by atoms with E-state index in [4.69, 9.17) is 5.73 Å². The molecule has 0 radical (unpaired) electrons. The van der Waals surface area contributed by atoms with E-state index in [1.54, 1.807) is 0 Å². The summed E-state index contributed by atoms with van der Waals surface area (Å²) >= 11 is 0. The van der Waals surface area contributed by atoms with Crippen molar-refractivity contribution in [1.82, 2.24) is 0 Å². The zero-order valence-corrected chi connectivity index (χ0v) is 12.8. The van der Waals surface area contributed by atoms with Gasteiger partial charge in [0, 0.05) is 5.69 Å². The molecule has 0 saturated carbocycles. The molecule has 112 valence electrons. The standard InChI is InChI=1S/C14H22N2O3S/c1-11-7-12(2)9-13(8-11)16-14(17)10-20(18,19)6-4-3-5-15/h7-9H,3-6,10,15H2,1-2H3,(H,16,17). The van der Waals surface area contributed by atoms with Crippen LogP contribution in [0.3, 0.4) is 0 Å². The lowest BCUT2D eigenvalue weighted by atomic mass is 10.1. The molecule has 1 amide bonds. The van der Waals surface area contributed by atoms with E-state index in [2.05, 4.69) is 5.32 Å². The second kappa shape index (κ2) is 7.40. The fourth-order valence-corrected chi connectivity index (χ4v) is 3.24. The average Bonchev–Trinajstić information content (AvgIpc) is 2.26. The maximum Gasteiger partial charge on any atom is 0.239 e. The highest BCUT2D eigenvalue weighted by atomic mass is 32.2. The molecule has 3 N–H and O–H groups in total. The number of rotatable bonds is 7. The summed E-state index contributed by atoms with van der Waals surface area (Å²) in [5, 5.41) is 2.63. The van der Waals surface area contributed by atoms with Gasteiger partial charge in [-0.15, -0.1) is 0 Å². The van der Waals surface area contributed by atoms with Gasteiger partial charge in [-0.05, 0) is 56.5 Å². The normalized spacial score (nSPS) is 11.3. The minimum atomic E-state index is -3.36. The highest BCUT2D eigenvalue weighted by Crippen LogP contribution is 2.13. The Kier molecular flexibility index (Phi) is 6.16. The third-order valence-corrected chi connectivity index (χ3v) is 4.38. The molecule has 1 aromatic carbocycles. The molecule has 0 spiro atoms. The quantitative estimate of drug-likeness (QED) is 0.745. The molecular formula is C14H22N2O3S. The Morgan fingerprint density at radius 2 is 1.75 bits per heavy atom. The molecule has 6 heteroatoms. The van der Waals surface area contributed by atoms with Crippen molar-refractivity contribution in [3.8, 4) is 0 Å². The summed E-state index contributed by atoms with van der Waals surface area (Å²) in [6.45, 7) is 4.31. The van der Waals surface area contributed by atoms with Crippen molar-refractivity contribution in [3.63, 3.8) is 0 Å². The average molecular weight is 298 g/mol. The Bertz CT molecular complexity index is 548. The fraction of sp³-hybridized carbons (Fsp3) is 0.500. The van der Waals surface area contributed by atoms with Gasteiger partial charge in [0.2, 0.25) is 5.91 Å². The fourth-order valence-electron chi connectivity index (χ4n) is 1.98. The molecule has 0 aliphatic carbocycles. The van der Waals surface area contributed by atoms with Crippen molar-refractivity contribution in [2.75, 3.05) is 23.4 Å². The van der Waals surface area contributed by atoms with Crippen LogP contribution in [0.5, 0.6) is 0 Å². The molecule has 0 aliphatic heterocycles. The first-order chi connectivity index (χ1) is 9.32. The predicted molar refractivity (Wildman–Crippen MR) is 81.5 cm³/mol. The summed E-state index contributed by atoms with van der Waals surface area (Å²) in [7, 11) is -3.36. The third kappa shape index (κ3) is 6.16. The van der Waals surface area contributed by atoms with Crippen molar-refractivity contribution in [1.29, 1.82) is 0 Å². The van der Waals surface area contributed by atoms with Crippen LogP contribution >= 0.6 is 0 Å². The van der Waals surface area contributed by atoms with E-state index in [1.807, 2.05) is 32.0 Å². The van der Waals surface area contributed by atoms with E-state index in [-0.39, 0.29) is 5.75 Å². The van der Waals surface area contributed by atoms with E-state index < -0.39 is 21.5 Å². The van der Waals surface area contributed by atoms with Gasteiger partial charge in [-0.1, -0.05) is 6.07 Å². The highest BCUT2D eigenvalue weighted by Gasteiger charge is 2.16. The van der Waals surface area contributed by atoms with Crippen molar-refractivity contribution in [2.24, 2.45) is 5.73 Å². The van der Waals surface area contributed by atoms with Crippen LogP contribution in [0.2, 0.25) is 0 Å². The summed E-state index contributed by atoms with van der Waals surface area (Å²) in [5.74, 6) is -0.975. The lowest BCUT2D eigenvalue weighted by Crippen LogP contribution is -2.25. The van der Waals surface area contributed by atoms with Crippen molar-refractivity contribution in [3.05, 3.63) is 29.3 Å². The first kappa shape index (κ1) is 16.7. The summed E-state index contributed by atoms with van der Waals surface area (Å²) in [5.41, 5.74) is 7.98. The molecule has 0 bridgehead atoms. The molecular weight excluding hydrogens is 276 g/mol. The highest BCUT2D eigenvalue weighted by molar-refractivity contribution is 7.92. The molecule has 0 fully saturated rings. The summed E-state index contributed by atoms with van der Waals surface area (Å²) in [6, 6.07) is 5.61. The van der Waals surface area contributed by atoms with E-state index in [0.29, 0.717) is 25.1 Å². The molecule has 0 saturated heterocycles. The topological polar surface area (TPSA) is 89.3 Å². The molecule has 0 atom stereocenters. The molecule has 0 aliphatic rings. The summed E-state index contributed by atoms with van der Waals surface area (Å²) < 4.78 is 23.5. The van der Waals surface area contributed by atoms with Gasteiger partial charge in [-0.2, -0.15) is 0 Å². The molecule has 20 heavy (non-hydrogen) atoms. The van der Waals surface area contributed by atoms with Gasteiger partial charge in [-0.3, -0.25) is 4.79 Å². The monoisotopic (exact) mass is 298 g/mol. The van der Waals surface area contributed by atoms with Gasteiger partial charge in [-0.25, -0.2) is 8.42 Å². The van der Waals surface area contributed by atoms with Gasteiger partial charge in [0.05, 0.1) is 5.75 Å². The number of aryl methyl sites for hydroxylation is 2. The minimum absolute atomic E-state index is 0.00443. The smallest absolute Gasteiger partial charge is 0.239 e. The Labute approximate surface area is 120 Å². The number of carbonyl (C=O) groups excluding carboxylic acids is 1. The molecule has 0 unspecified atom stereocenters. The molecule has 0 aromatic heterocycles. The first-order valence-electron chi connectivity index (χ1n) is 6.61. The third-order valence-electron chi connectivity index (χ3n) is 2.77. The molecule has 0 heterocycles. The van der Waals surface area contributed by atoms with Gasteiger partial charge >= 0.3 is 0 Å². The molecule has 1 rings (SSSR count). The zero-order chi connectivity index (χ0) is 15.2. The number of unbranched alkanes of at least 4 members (excludes halogenated alkanes) is 1. The van der Waals surface area contributed by atoms with Crippen LogP contribution < -0.4 is 11.1 Å². The Balaban J connectivity index is 2.58. The Hall–Kier alpha value is -1.40. The SMILES string of the molecule is Cc1cc(C)cc(NC(=O)CS(=O)(=O)CCCCN)c1. The van der Waals surface area contributed by atoms with Crippen LogP contribution in [-0.4, -0.2) is 32.4 Å². The zero-order valence-electron chi connectivity index (χ0n) is 12.0. The maximum atomic E-state index is 11.8. The van der Waals surface area contributed by atoms with Gasteiger partial charge in [0.25, 0.3) is 0 Å². The number of amides is 1. The predicted octanol–water partition coefficient (Wildman–Crippen LogP) is 1.40. The molecule has 5 nitrogen and oxygen atoms in total. The van der Waals surface area contributed by atoms with Crippen LogP contribution in [-0.2, 0) is 14.6 Å².